The molecule has 0 aromatic heterocycles. The molecular formula is C22H18Cl2N4O5S. The van der Waals surface area contributed by atoms with Gasteiger partial charge >= 0.3 is 0 Å². The van der Waals surface area contributed by atoms with Gasteiger partial charge in [0.05, 0.1) is 28.3 Å². The fraction of sp³-hybridized carbons (Fsp3) is 0.0909. The van der Waals surface area contributed by atoms with E-state index in [1.54, 1.807) is 36.4 Å². The van der Waals surface area contributed by atoms with Crippen molar-refractivity contribution in [1.82, 2.24) is 9.73 Å². The predicted octanol–water partition coefficient (Wildman–Crippen LogP) is 4.24. The first-order valence-electron chi connectivity index (χ1n) is 9.73. The number of nitrogens with one attached hydrogen (secondary N) is 1. The second-order valence-corrected chi connectivity index (χ2v) is 9.69. The van der Waals surface area contributed by atoms with Crippen LogP contribution in [0.3, 0.4) is 0 Å². The van der Waals surface area contributed by atoms with Gasteiger partial charge in [0.25, 0.3) is 11.6 Å². The zero-order chi connectivity index (χ0) is 24.7. The van der Waals surface area contributed by atoms with Gasteiger partial charge in [-0.25, -0.2) is 13.8 Å². The molecule has 0 radical (unpaired) electrons. The molecule has 0 fully saturated rings. The third-order valence-corrected chi connectivity index (χ3v) is 7.07. The number of hydrazone groups is 1. The van der Waals surface area contributed by atoms with Crippen molar-refractivity contribution in [3.8, 4) is 0 Å². The van der Waals surface area contributed by atoms with E-state index in [-0.39, 0.29) is 32.7 Å². The quantitative estimate of drug-likeness (QED) is 0.256. The molecule has 3 aromatic rings. The Hall–Kier alpha value is -3.31. The van der Waals surface area contributed by atoms with Crippen molar-refractivity contribution in [2.24, 2.45) is 5.10 Å². The van der Waals surface area contributed by atoms with E-state index >= 15 is 0 Å². The number of nitrogens with zero attached hydrogens (tertiary/aromatic N) is 3. The minimum atomic E-state index is -4.23. The highest BCUT2D eigenvalue weighted by atomic mass is 35.5. The number of para-hydroxylation sites is 1. The van der Waals surface area contributed by atoms with Gasteiger partial charge in [0.15, 0.2) is 0 Å². The van der Waals surface area contributed by atoms with Crippen LogP contribution in [0.2, 0.25) is 10.0 Å². The van der Waals surface area contributed by atoms with Gasteiger partial charge < -0.3 is 0 Å². The van der Waals surface area contributed by atoms with Gasteiger partial charge in [0, 0.05) is 17.6 Å². The Labute approximate surface area is 205 Å². The highest BCUT2D eigenvalue weighted by Gasteiger charge is 2.29. The maximum Gasteiger partial charge on any atom is 0.278 e. The van der Waals surface area contributed by atoms with E-state index in [2.05, 4.69) is 10.5 Å². The van der Waals surface area contributed by atoms with E-state index < -0.39 is 27.4 Å². The summed E-state index contributed by atoms with van der Waals surface area (Å²) < 4.78 is 27.6. The van der Waals surface area contributed by atoms with Crippen LogP contribution in [0.1, 0.15) is 11.1 Å². The standard InChI is InChI=1S/C22H18Cl2N4O5S/c23-18-10-11-19(24)21(12-18)34(32,33)27(14-16-6-2-1-3-7-16)15-22(29)26-25-13-17-8-4-5-9-20(17)28(30)31/h1-13H,14-15H2,(H,26,29)/b25-13-. The second kappa shape index (κ2) is 11.2. The lowest BCUT2D eigenvalue weighted by molar-refractivity contribution is -0.385. The van der Waals surface area contributed by atoms with Gasteiger partial charge in [0.1, 0.15) is 4.90 Å². The molecule has 12 heteroatoms. The summed E-state index contributed by atoms with van der Waals surface area (Å²) >= 11 is 12.1. The fourth-order valence-electron chi connectivity index (χ4n) is 2.96. The first-order valence-corrected chi connectivity index (χ1v) is 11.9. The lowest BCUT2D eigenvalue weighted by atomic mass is 10.2. The molecule has 0 aliphatic rings. The first kappa shape index (κ1) is 25.3. The maximum atomic E-state index is 13.3. The largest absolute Gasteiger partial charge is 0.278 e. The average molecular weight is 521 g/mol. The number of amides is 1. The number of rotatable bonds is 9. The summed E-state index contributed by atoms with van der Waals surface area (Å²) in [6.07, 6.45) is 1.11. The van der Waals surface area contributed by atoms with Gasteiger partial charge in [-0.2, -0.15) is 9.41 Å². The van der Waals surface area contributed by atoms with E-state index in [0.29, 0.717) is 5.56 Å². The van der Waals surface area contributed by atoms with Crippen LogP contribution in [-0.4, -0.2) is 36.3 Å². The topological polar surface area (TPSA) is 122 Å². The van der Waals surface area contributed by atoms with Gasteiger partial charge in [-0.1, -0.05) is 65.7 Å². The molecule has 0 saturated heterocycles. The van der Waals surface area contributed by atoms with Crippen LogP contribution < -0.4 is 5.43 Å². The Morgan fingerprint density at radius 1 is 1.06 bits per heavy atom. The molecule has 3 rings (SSSR count). The number of carbonyl (C=O) groups excluding carboxylic acids is 1. The summed E-state index contributed by atoms with van der Waals surface area (Å²) in [5, 5.41) is 15.0. The summed E-state index contributed by atoms with van der Waals surface area (Å²) in [5.74, 6) is -0.757. The molecule has 0 spiro atoms. The van der Waals surface area contributed by atoms with E-state index in [9.17, 15) is 23.3 Å². The number of nitro benzene ring substituents is 1. The zero-order valence-corrected chi connectivity index (χ0v) is 19.8. The SMILES string of the molecule is O=C(CN(Cc1ccccc1)S(=O)(=O)c1cc(Cl)ccc1Cl)N/N=C\c1ccccc1[N+](=O)[O-]. The van der Waals surface area contributed by atoms with Crippen molar-refractivity contribution in [3.05, 3.63) is 104 Å². The smallest absolute Gasteiger partial charge is 0.272 e. The van der Waals surface area contributed by atoms with Crippen LogP contribution in [0.15, 0.2) is 82.8 Å². The number of benzene rings is 3. The fourth-order valence-corrected chi connectivity index (χ4v) is 5.08. The molecule has 0 bridgehead atoms. The number of carbonyl (C=O) groups is 1. The second-order valence-electron chi connectivity index (χ2n) is 6.94. The van der Waals surface area contributed by atoms with E-state index in [1.807, 2.05) is 0 Å². The number of sulfonamides is 1. The van der Waals surface area contributed by atoms with E-state index in [0.717, 1.165) is 10.5 Å². The molecule has 1 N–H and O–H groups in total. The molecule has 0 unspecified atom stereocenters. The lowest BCUT2D eigenvalue weighted by Gasteiger charge is -2.22. The minimum absolute atomic E-state index is 0.0442. The van der Waals surface area contributed by atoms with Gasteiger partial charge in [-0.3, -0.25) is 14.9 Å². The van der Waals surface area contributed by atoms with Gasteiger partial charge in [-0.15, -0.1) is 0 Å². The lowest BCUT2D eigenvalue weighted by Crippen LogP contribution is -2.39. The van der Waals surface area contributed by atoms with Crippen LogP contribution in [0.25, 0.3) is 0 Å². The van der Waals surface area contributed by atoms with Gasteiger partial charge in [0.2, 0.25) is 10.0 Å². The molecule has 34 heavy (non-hydrogen) atoms. The minimum Gasteiger partial charge on any atom is -0.272 e. The zero-order valence-electron chi connectivity index (χ0n) is 17.5. The van der Waals surface area contributed by atoms with Crippen LogP contribution in [0.4, 0.5) is 5.69 Å². The first-order chi connectivity index (χ1) is 16.2. The normalized spacial score (nSPS) is 11.6. The molecule has 0 aliphatic carbocycles. The van der Waals surface area contributed by atoms with Crippen molar-refractivity contribution in [2.75, 3.05) is 6.54 Å². The van der Waals surface area contributed by atoms with Crippen molar-refractivity contribution in [3.63, 3.8) is 0 Å². The van der Waals surface area contributed by atoms with E-state index in [1.165, 1.54) is 36.4 Å². The van der Waals surface area contributed by atoms with Crippen LogP contribution in [0, 0.1) is 10.1 Å². The Morgan fingerprint density at radius 3 is 2.44 bits per heavy atom. The Morgan fingerprint density at radius 2 is 1.74 bits per heavy atom. The molecule has 0 saturated carbocycles. The maximum absolute atomic E-state index is 13.3. The van der Waals surface area contributed by atoms with Crippen molar-refractivity contribution in [2.45, 2.75) is 11.4 Å². The molecule has 0 atom stereocenters. The number of halogens is 2. The summed E-state index contributed by atoms with van der Waals surface area (Å²) in [4.78, 5) is 22.8. The molecule has 176 valence electrons. The molecule has 0 heterocycles. The molecule has 1 amide bonds. The molecule has 9 nitrogen and oxygen atoms in total. The Kier molecular flexibility index (Phi) is 8.35. The van der Waals surface area contributed by atoms with Gasteiger partial charge in [-0.05, 0) is 29.8 Å². The van der Waals surface area contributed by atoms with E-state index in [4.69, 9.17) is 23.2 Å². The van der Waals surface area contributed by atoms with Crippen molar-refractivity contribution in [1.29, 1.82) is 0 Å². The molecular weight excluding hydrogens is 503 g/mol. The number of hydrogen-bond acceptors (Lipinski definition) is 6. The molecule has 3 aromatic carbocycles. The Bertz CT molecular complexity index is 1330. The van der Waals surface area contributed by atoms with Crippen LogP contribution in [0.5, 0.6) is 0 Å². The number of hydrogen-bond donors (Lipinski definition) is 1. The summed E-state index contributed by atoms with van der Waals surface area (Å²) in [6, 6.07) is 18.5. The number of nitro groups is 1. The monoisotopic (exact) mass is 520 g/mol. The third-order valence-electron chi connectivity index (χ3n) is 4.56. The summed E-state index contributed by atoms with van der Waals surface area (Å²) in [6.45, 7) is -0.707. The predicted molar refractivity (Wildman–Crippen MR) is 129 cm³/mol. The highest BCUT2D eigenvalue weighted by molar-refractivity contribution is 7.89. The van der Waals surface area contributed by atoms with Crippen molar-refractivity contribution < 1.29 is 18.1 Å². The summed E-state index contributed by atoms with van der Waals surface area (Å²) in [5.41, 5.74) is 2.83. The van der Waals surface area contributed by atoms with Crippen molar-refractivity contribution >= 4 is 51.0 Å². The Balaban J connectivity index is 1.84. The average Bonchev–Trinajstić information content (AvgIpc) is 2.81. The van der Waals surface area contributed by atoms with Crippen LogP contribution in [-0.2, 0) is 21.4 Å². The highest BCUT2D eigenvalue weighted by Crippen LogP contribution is 2.28. The third kappa shape index (κ3) is 6.39. The van der Waals surface area contributed by atoms with Crippen LogP contribution >= 0.6 is 23.2 Å². The summed E-state index contributed by atoms with van der Waals surface area (Å²) in [7, 11) is -4.23. The molecule has 0 aliphatic heterocycles.